The van der Waals surface area contributed by atoms with Gasteiger partial charge in [0.15, 0.2) is 0 Å². The minimum Gasteiger partial charge on any atom is -0.468 e. The van der Waals surface area contributed by atoms with Crippen molar-refractivity contribution in [2.24, 2.45) is 0 Å². The first-order valence-electron chi connectivity index (χ1n) is 8.32. The number of β-amino-alcohol motifs (C(OH)–C–C–N with tert-alkyl or cyclic N) is 1. The Kier molecular flexibility index (Phi) is 7.02. The van der Waals surface area contributed by atoms with E-state index in [1.165, 1.54) is 12.7 Å². The lowest BCUT2D eigenvalue weighted by Crippen LogP contribution is -2.49. The molecule has 0 bridgehead atoms. The van der Waals surface area contributed by atoms with E-state index >= 15 is 0 Å². The molecule has 2 unspecified atom stereocenters. The molecular weight excluding hydrogens is 292 g/mol. The van der Waals surface area contributed by atoms with E-state index in [1.54, 1.807) is 0 Å². The van der Waals surface area contributed by atoms with Gasteiger partial charge in [0.05, 0.1) is 13.2 Å². The van der Waals surface area contributed by atoms with E-state index in [0.29, 0.717) is 13.1 Å². The minimum atomic E-state index is -0.478. The Balaban J connectivity index is 1.82. The maximum absolute atomic E-state index is 11.9. The van der Waals surface area contributed by atoms with Crippen LogP contribution in [0, 0.1) is 0 Å². The van der Waals surface area contributed by atoms with E-state index in [9.17, 15) is 9.90 Å². The normalized spacial score (nSPS) is 20.4. The number of hydrogen-bond donors (Lipinski definition) is 1. The molecule has 1 N–H and O–H groups in total. The highest BCUT2D eigenvalue weighted by Gasteiger charge is 2.30. The molecule has 2 rings (SSSR count). The quantitative estimate of drug-likeness (QED) is 0.772. The van der Waals surface area contributed by atoms with Gasteiger partial charge in [-0.3, -0.25) is 14.6 Å². The van der Waals surface area contributed by atoms with Gasteiger partial charge in [0.2, 0.25) is 0 Å². The number of aliphatic hydroxyl groups excluding tert-OH is 1. The largest absolute Gasteiger partial charge is 0.468 e. The van der Waals surface area contributed by atoms with E-state index in [1.807, 2.05) is 25.2 Å². The molecule has 1 heterocycles. The maximum atomic E-state index is 11.9. The zero-order chi connectivity index (χ0) is 16.7. The zero-order valence-electron chi connectivity index (χ0n) is 14.1. The number of likely N-dealkylation sites (tertiary alicyclic amines) is 1. The van der Waals surface area contributed by atoms with E-state index < -0.39 is 6.10 Å². The maximum Gasteiger partial charge on any atom is 0.323 e. The van der Waals surface area contributed by atoms with Crippen molar-refractivity contribution in [3.8, 4) is 0 Å². The van der Waals surface area contributed by atoms with Crippen molar-refractivity contribution < 1.29 is 14.6 Å². The number of carbonyl (C=O) groups is 1. The number of hydrogen-bond acceptors (Lipinski definition) is 5. The SMILES string of the molecule is COC(=O)C1CCCCN1CC(O)CN(C)Cc1ccccc1. The number of methoxy groups -OCH3 is 1. The average Bonchev–Trinajstić information content (AvgIpc) is 2.55. The standard InChI is InChI=1S/C18H28N2O3/c1-19(12-15-8-4-3-5-9-15)13-16(21)14-20-11-7-6-10-17(20)18(22)23-2/h3-5,8-9,16-17,21H,6-7,10-14H2,1-2H3. The molecule has 128 valence electrons. The van der Waals surface area contributed by atoms with Crippen LogP contribution in [0.1, 0.15) is 24.8 Å². The van der Waals surface area contributed by atoms with Crippen molar-refractivity contribution in [1.82, 2.24) is 9.80 Å². The molecule has 2 atom stereocenters. The predicted molar refractivity (Wildman–Crippen MR) is 90.0 cm³/mol. The molecule has 0 saturated carbocycles. The van der Waals surface area contributed by atoms with Gasteiger partial charge in [0.25, 0.3) is 0 Å². The number of aliphatic hydroxyl groups is 1. The number of benzene rings is 1. The van der Waals surface area contributed by atoms with Gasteiger partial charge >= 0.3 is 5.97 Å². The van der Waals surface area contributed by atoms with Crippen molar-refractivity contribution in [2.45, 2.75) is 38.0 Å². The average molecular weight is 320 g/mol. The van der Waals surface area contributed by atoms with Gasteiger partial charge in [-0.15, -0.1) is 0 Å². The Morgan fingerprint density at radius 2 is 2.13 bits per heavy atom. The summed E-state index contributed by atoms with van der Waals surface area (Å²) >= 11 is 0. The Labute approximate surface area is 138 Å². The second-order valence-corrected chi connectivity index (χ2v) is 6.37. The van der Waals surface area contributed by atoms with Crippen LogP contribution in [0.25, 0.3) is 0 Å². The fourth-order valence-corrected chi connectivity index (χ4v) is 3.26. The fourth-order valence-electron chi connectivity index (χ4n) is 3.26. The Morgan fingerprint density at radius 1 is 1.39 bits per heavy atom. The van der Waals surface area contributed by atoms with Crippen LogP contribution in [-0.2, 0) is 16.1 Å². The topological polar surface area (TPSA) is 53.0 Å². The number of nitrogens with zero attached hydrogens (tertiary/aromatic N) is 2. The van der Waals surface area contributed by atoms with Crippen LogP contribution in [0.4, 0.5) is 0 Å². The van der Waals surface area contributed by atoms with Crippen LogP contribution in [-0.4, -0.2) is 66.8 Å². The van der Waals surface area contributed by atoms with Crippen LogP contribution >= 0.6 is 0 Å². The van der Waals surface area contributed by atoms with Crippen molar-refractivity contribution in [2.75, 3.05) is 33.8 Å². The number of likely N-dealkylation sites (N-methyl/N-ethyl adjacent to an activating group) is 1. The van der Waals surface area contributed by atoms with Crippen molar-refractivity contribution in [3.63, 3.8) is 0 Å². The predicted octanol–water partition coefficient (Wildman–Crippen LogP) is 1.51. The van der Waals surface area contributed by atoms with Gasteiger partial charge in [-0.25, -0.2) is 0 Å². The first-order valence-corrected chi connectivity index (χ1v) is 8.32. The molecule has 5 heteroatoms. The molecule has 23 heavy (non-hydrogen) atoms. The second kappa shape index (κ2) is 9.01. The third-order valence-corrected chi connectivity index (χ3v) is 4.35. The summed E-state index contributed by atoms with van der Waals surface area (Å²) in [5, 5.41) is 10.4. The summed E-state index contributed by atoms with van der Waals surface area (Å²) in [4.78, 5) is 16.0. The van der Waals surface area contributed by atoms with E-state index in [4.69, 9.17) is 4.74 Å². The fraction of sp³-hybridized carbons (Fsp3) is 0.611. The Bertz CT molecular complexity index is 480. The number of piperidine rings is 1. The third-order valence-electron chi connectivity index (χ3n) is 4.35. The number of rotatable bonds is 7. The van der Waals surface area contributed by atoms with Gasteiger partial charge in [-0.05, 0) is 32.0 Å². The van der Waals surface area contributed by atoms with Gasteiger partial charge in [0.1, 0.15) is 6.04 Å². The van der Waals surface area contributed by atoms with E-state index in [-0.39, 0.29) is 12.0 Å². The molecule has 5 nitrogen and oxygen atoms in total. The molecule has 1 aromatic carbocycles. The first-order chi connectivity index (χ1) is 11.1. The number of esters is 1. The molecule has 0 radical (unpaired) electrons. The highest BCUT2D eigenvalue weighted by molar-refractivity contribution is 5.75. The zero-order valence-corrected chi connectivity index (χ0v) is 14.1. The van der Waals surface area contributed by atoms with Crippen LogP contribution in [0.15, 0.2) is 30.3 Å². The molecule has 0 aromatic heterocycles. The summed E-state index contributed by atoms with van der Waals surface area (Å²) in [6.07, 6.45) is 2.45. The lowest BCUT2D eigenvalue weighted by molar-refractivity contribution is -0.149. The second-order valence-electron chi connectivity index (χ2n) is 6.37. The molecule has 1 fully saturated rings. The summed E-state index contributed by atoms with van der Waals surface area (Å²) in [7, 11) is 3.43. The monoisotopic (exact) mass is 320 g/mol. The molecule has 1 aliphatic heterocycles. The molecule has 1 aromatic rings. The van der Waals surface area contributed by atoms with Crippen LogP contribution in [0.2, 0.25) is 0 Å². The molecule has 0 aliphatic carbocycles. The smallest absolute Gasteiger partial charge is 0.323 e. The van der Waals surface area contributed by atoms with Crippen LogP contribution in [0.5, 0.6) is 0 Å². The molecule has 0 spiro atoms. The van der Waals surface area contributed by atoms with E-state index in [0.717, 1.165) is 32.4 Å². The highest BCUT2D eigenvalue weighted by atomic mass is 16.5. The lowest BCUT2D eigenvalue weighted by Gasteiger charge is -2.35. The number of ether oxygens (including phenoxy) is 1. The minimum absolute atomic E-state index is 0.186. The Morgan fingerprint density at radius 3 is 2.83 bits per heavy atom. The molecule has 1 aliphatic rings. The summed E-state index contributed by atoms with van der Waals surface area (Å²) in [6, 6.07) is 10.0. The van der Waals surface area contributed by atoms with Gasteiger partial charge < -0.3 is 9.84 Å². The van der Waals surface area contributed by atoms with Gasteiger partial charge in [-0.2, -0.15) is 0 Å². The van der Waals surface area contributed by atoms with Crippen molar-refractivity contribution >= 4 is 5.97 Å². The van der Waals surface area contributed by atoms with Gasteiger partial charge in [-0.1, -0.05) is 36.8 Å². The summed E-state index contributed by atoms with van der Waals surface area (Å²) in [6.45, 7) is 2.75. The summed E-state index contributed by atoms with van der Waals surface area (Å²) in [5.74, 6) is -0.186. The summed E-state index contributed by atoms with van der Waals surface area (Å²) in [5.41, 5.74) is 1.23. The molecule has 1 saturated heterocycles. The number of carbonyl (C=O) groups excluding carboxylic acids is 1. The molecular formula is C18H28N2O3. The van der Waals surface area contributed by atoms with E-state index in [2.05, 4.69) is 21.9 Å². The first kappa shape index (κ1) is 17.9. The Hall–Kier alpha value is -1.43. The molecule has 0 amide bonds. The lowest BCUT2D eigenvalue weighted by atomic mass is 10.0. The van der Waals surface area contributed by atoms with Crippen LogP contribution in [0.3, 0.4) is 0 Å². The third kappa shape index (κ3) is 5.61. The van der Waals surface area contributed by atoms with Crippen molar-refractivity contribution in [3.05, 3.63) is 35.9 Å². The van der Waals surface area contributed by atoms with Crippen LogP contribution < -0.4 is 0 Å². The van der Waals surface area contributed by atoms with Gasteiger partial charge in [0, 0.05) is 19.6 Å². The summed E-state index contributed by atoms with van der Waals surface area (Å²) < 4.78 is 4.89. The van der Waals surface area contributed by atoms with Crippen molar-refractivity contribution in [1.29, 1.82) is 0 Å². The highest BCUT2D eigenvalue weighted by Crippen LogP contribution is 2.18.